The van der Waals surface area contributed by atoms with Gasteiger partial charge >= 0.3 is 6.03 Å². The van der Waals surface area contributed by atoms with Crippen molar-refractivity contribution in [1.29, 1.82) is 0 Å². The van der Waals surface area contributed by atoms with E-state index < -0.39 is 6.04 Å². The maximum absolute atomic E-state index is 12.9. The molecule has 0 saturated carbocycles. The van der Waals surface area contributed by atoms with Gasteiger partial charge in [-0.2, -0.15) is 0 Å². The zero-order chi connectivity index (χ0) is 21.8. The lowest BCUT2D eigenvalue weighted by Gasteiger charge is -2.24. The summed E-state index contributed by atoms with van der Waals surface area (Å²) in [5.41, 5.74) is 1.51. The summed E-state index contributed by atoms with van der Waals surface area (Å²) in [6.07, 6.45) is 1.35. The molecule has 31 heavy (non-hydrogen) atoms. The number of aromatic nitrogens is 2. The predicted molar refractivity (Wildman–Crippen MR) is 123 cm³/mol. The molecule has 4 rings (SSSR count). The molecule has 1 aromatic heterocycles. The standard InChI is InChI=1S/C21H20BrN5O3S/c1-30-14-7-4-6-13(12-14)19-25-26-20(31-19)24-18(28)17-10-5-11-27(17)21(29)23-16-9-3-2-8-15(16)22/h2-4,6-9,12,17H,5,10-11H2,1H3,(H,23,29)(H,24,26,28). The Balaban J connectivity index is 1.42. The van der Waals surface area contributed by atoms with Gasteiger partial charge in [-0.05, 0) is 53.0 Å². The normalized spacial score (nSPS) is 15.5. The molecule has 1 aliphatic rings. The smallest absolute Gasteiger partial charge is 0.322 e. The van der Waals surface area contributed by atoms with Gasteiger partial charge in [-0.15, -0.1) is 10.2 Å². The maximum atomic E-state index is 12.9. The van der Waals surface area contributed by atoms with E-state index >= 15 is 0 Å². The number of carbonyl (C=O) groups is 2. The Labute approximate surface area is 191 Å². The van der Waals surface area contributed by atoms with E-state index in [9.17, 15) is 9.59 Å². The molecule has 1 atom stereocenters. The number of benzene rings is 2. The van der Waals surface area contributed by atoms with Crippen LogP contribution in [0.15, 0.2) is 53.0 Å². The molecular weight excluding hydrogens is 482 g/mol. The zero-order valence-electron chi connectivity index (χ0n) is 16.7. The number of hydrogen-bond acceptors (Lipinski definition) is 6. The lowest BCUT2D eigenvalue weighted by molar-refractivity contribution is -0.119. The first-order chi connectivity index (χ1) is 15.0. The Hall–Kier alpha value is -2.98. The Morgan fingerprint density at radius 2 is 2.00 bits per heavy atom. The van der Waals surface area contributed by atoms with Gasteiger partial charge in [-0.25, -0.2) is 4.79 Å². The molecule has 0 aliphatic carbocycles. The molecule has 10 heteroatoms. The number of ether oxygens (including phenoxy) is 1. The highest BCUT2D eigenvalue weighted by Gasteiger charge is 2.34. The van der Waals surface area contributed by atoms with Gasteiger partial charge in [0.2, 0.25) is 11.0 Å². The SMILES string of the molecule is COc1cccc(-c2nnc(NC(=O)C3CCCN3C(=O)Nc3ccccc3Br)s2)c1. The minimum atomic E-state index is -0.563. The number of likely N-dealkylation sites (tertiary alicyclic amines) is 1. The van der Waals surface area contributed by atoms with Gasteiger partial charge in [-0.1, -0.05) is 35.6 Å². The van der Waals surface area contributed by atoms with E-state index in [1.807, 2.05) is 42.5 Å². The number of hydrogen-bond donors (Lipinski definition) is 2. The third-order valence-electron chi connectivity index (χ3n) is 4.90. The number of nitrogens with zero attached hydrogens (tertiary/aromatic N) is 3. The van der Waals surface area contributed by atoms with E-state index in [4.69, 9.17) is 4.74 Å². The van der Waals surface area contributed by atoms with Gasteiger partial charge < -0.3 is 15.0 Å². The predicted octanol–water partition coefficient (Wildman–Crippen LogP) is 4.61. The number of rotatable bonds is 5. The second kappa shape index (κ2) is 9.44. The zero-order valence-corrected chi connectivity index (χ0v) is 19.1. The fourth-order valence-corrected chi connectivity index (χ4v) is 4.49. The molecule has 0 spiro atoms. The largest absolute Gasteiger partial charge is 0.497 e. The number of nitrogens with one attached hydrogen (secondary N) is 2. The number of anilines is 2. The van der Waals surface area contributed by atoms with Crippen LogP contribution in [0.1, 0.15) is 12.8 Å². The monoisotopic (exact) mass is 501 g/mol. The highest BCUT2D eigenvalue weighted by molar-refractivity contribution is 9.10. The Morgan fingerprint density at radius 1 is 1.16 bits per heavy atom. The molecule has 2 heterocycles. The molecule has 3 amide bonds. The van der Waals surface area contributed by atoms with Gasteiger partial charge in [0.05, 0.1) is 12.8 Å². The topological polar surface area (TPSA) is 96.5 Å². The lowest BCUT2D eigenvalue weighted by atomic mass is 10.2. The number of halogens is 1. The average Bonchev–Trinajstić information content (AvgIpc) is 3.45. The van der Waals surface area contributed by atoms with E-state index in [1.165, 1.54) is 11.3 Å². The van der Waals surface area contributed by atoms with Crippen LogP contribution in [0, 0.1) is 0 Å². The molecule has 2 aromatic carbocycles. The van der Waals surface area contributed by atoms with Crippen LogP contribution in [0.4, 0.5) is 15.6 Å². The molecule has 2 N–H and O–H groups in total. The summed E-state index contributed by atoms with van der Waals surface area (Å²) in [6, 6.07) is 14.0. The van der Waals surface area contributed by atoms with Crippen LogP contribution in [-0.2, 0) is 4.79 Å². The first kappa shape index (κ1) is 21.3. The summed E-state index contributed by atoms with van der Waals surface area (Å²) in [7, 11) is 1.60. The van der Waals surface area contributed by atoms with Gasteiger partial charge in [0.15, 0.2) is 0 Å². The minimum absolute atomic E-state index is 0.270. The van der Waals surface area contributed by atoms with E-state index in [-0.39, 0.29) is 11.9 Å². The molecule has 1 aliphatic heterocycles. The average molecular weight is 502 g/mol. The van der Waals surface area contributed by atoms with Crippen LogP contribution in [0.25, 0.3) is 10.6 Å². The first-order valence-corrected chi connectivity index (χ1v) is 11.3. The Bertz CT molecular complexity index is 1110. The molecule has 0 bridgehead atoms. The lowest BCUT2D eigenvalue weighted by Crippen LogP contribution is -2.45. The molecule has 3 aromatic rings. The highest BCUT2D eigenvalue weighted by Crippen LogP contribution is 2.30. The van der Waals surface area contributed by atoms with Crippen LogP contribution >= 0.6 is 27.3 Å². The fraction of sp³-hybridized carbons (Fsp3) is 0.238. The van der Waals surface area contributed by atoms with E-state index in [2.05, 4.69) is 36.8 Å². The van der Waals surface area contributed by atoms with E-state index in [0.717, 1.165) is 22.2 Å². The summed E-state index contributed by atoms with van der Waals surface area (Å²) in [5, 5.41) is 15.0. The second-order valence-electron chi connectivity index (χ2n) is 6.89. The van der Waals surface area contributed by atoms with Crippen molar-refractivity contribution in [2.45, 2.75) is 18.9 Å². The van der Waals surface area contributed by atoms with Crippen molar-refractivity contribution in [2.24, 2.45) is 0 Å². The van der Waals surface area contributed by atoms with Crippen molar-refractivity contribution in [1.82, 2.24) is 15.1 Å². The van der Waals surface area contributed by atoms with Crippen molar-refractivity contribution in [3.8, 4) is 16.3 Å². The second-order valence-corrected chi connectivity index (χ2v) is 8.73. The maximum Gasteiger partial charge on any atom is 0.322 e. The van der Waals surface area contributed by atoms with E-state index in [0.29, 0.717) is 28.8 Å². The van der Waals surface area contributed by atoms with Gasteiger partial charge in [0.1, 0.15) is 16.8 Å². The van der Waals surface area contributed by atoms with Crippen LogP contribution in [0.3, 0.4) is 0 Å². The third kappa shape index (κ3) is 4.86. The van der Waals surface area contributed by atoms with Gasteiger partial charge in [0.25, 0.3) is 0 Å². The van der Waals surface area contributed by atoms with Crippen molar-refractivity contribution in [3.63, 3.8) is 0 Å². The van der Waals surface area contributed by atoms with Gasteiger partial charge in [-0.3, -0.25) is 10.1 Å². The van der Waals surface area contributed by atoms with Crippen molar-refractivity contribution >= 4 is 50.0 Å². The van der Waals surface area contributed by atoms with Crippen LogP contribution < -0.4 is 15.4 Å². The summed E-state index contributed by atoms with van der Waals surface area (Å²) in [4.78, 5) is 27.2. The van der Waals surface area contributed by atoms with E-state index in [1.54, 1.807) is 18.1 Å². The van der Waals surface area contributed by atoms with Crippen LogP contribution in [-0.4, -0.2) is 46.7 Å². The number of amides is 3. The van der Waals surface area contributed by atoms with Crippen molar-refractivity contribution < 1.29 is 14.3 Å². The summed E-state index contributed by atoms with van der Waals surface area (Å²) in [6.45, 7) is 0.513. The molecular formula is C21H20BrN5O3S. The molecule has 1 fully saturated rings. The number of methoxy groups -OCH3 is 1. The third-order valence-corrected chi connectivity index (χ3v) is 6.48. The quantitative estimate of drug-likeness (QED) is 0.531. The summed E-state index contributed by atoms with van der Waals surface area (Å²) in [5.74, 6) is 0.448. The van der Waals surface area contributed by atoms with Crippen LogP contribution in [0.5, 0.6) is 5.75 Å². The number of urea groups is 1. The van der Waals surface area contributed by atoms with Crippen LogP contribution in [0.2, 0.25) is 0 Å². The van der Waals surface area contributed by atoms with Gasteiger partial charge in [0, 0.05) is 16.6 Å². The van der Waals surface area contributed by atoms with Crippen molar-refractivity contribution in [2.75, 3.05) is 24.3 Å². The number of carbonyl (C=O) groups excluding carboxylic acids is 2. The fourth-order valence-electron chi connectivity index (χ4n) is 3.37. The summed E-state index contributed by atoms with van der Waals surface area (Å²) >= 11 is 4.69. The molecule has 160 valence electrons. The van der Waals surface area contributed by atoms with Crippen molar-refractivity contribution in [3.05, 3.63) is 53.0 Å². The molecule has 1 unspecified atom stereocenters. The Morgan fingerprint density at radius 3 is 2.81 bits per heavy atom. The molecule has 8 nitrogen and oxygen atoms in total. The molecule has 0 radical (unpaired) electrons. The summed E-state index contributed by atoms with van der Waals surface area (Å²) < 4.78 is 6.02. The molecule has 1 saturated heterocycles. The Kier molecular flexibility index (Phi) is 6.47. The first-order valence-electron chi connectivity index (χ1n) is 9.66. The number of para-hydroxylation sites is 1. The highest BCUT2D eigenvalue weighted by atomic mass is 79.9. The minimum Gasteiger partial charge on any atom is -0.497 e.